The summed E-state index contributed by atoms with van der Waals surface area (Å²) in [5.41, 5.74) is 2.29. The van der Waals surface area contributed by atoms with Crippen LogP contribution in [0, 0.1) is 11.8 Å². The van der Waals surface area contributed by atoms with Crippen molar-refractivity contribution >= 4 is 40.7 Å². The zero-order chi connectivity index (χ0) is 26.2. The molecule has 8 nitrogen and oxygen atoms in total. The molecule has 4 heterocycles. The molecule has 4 atom stereocenters. The molecule has 4 amide bonds. The lowest BCUT2D eigenvalue weighted by Crippen LogP contribution is -2.56. The number of nitrogens with one attached hydrogen (secondary N) is 1. The Morgan fingerprint density at radius 2 is 1.58 bits per heavy atom. The Hall–Kier alpha value is -4.30. The third kappa shape index (κ3) is 2.89. The molecular weight excluding hydrogens is 480 g/mol. The highest BCUT2D eigenvalue weighted by atomic mass is 16.2. The molecule has 190 valence electrons. The quantitative estimate of drug-likeness (QED) is 0.552. The van der Waals surface area contributed by atoms with Gasteiger partial charge in [0.25, 0.3) is 5.91 Å². The van der Waals surface area contributed by atoms with E-state index in [2.05, 4.69) is 5.32 Å². The molecule has 4 aliphatic rings. The standard InChI is InChI=1S/C30H26N4O4/c1-18-25-26(28(37)34(27(25)36)20-10-3-2-4-11-20)30(31-18)21-12-6-8-14-23(21)33(29(30)38)17-24(35)32-16-15-19-9-5-7-13-22(19)32/h2-14,18,25-26,31H,15-17H2,1H3/t18-,25+,26+,30-/m0/s1. The summed E-state index contributed by atoms with van der Waals surface area (Å²) in [6, 6.07) is 23.5. The first-order valence-corrected chi connectivity index (χ1v) is 12.9. The summed E-state index contributed by atoms with van der Waals surface area (Å²) in [7, 11) is 0. The maximum atomic E-state index is 14.4. The van der Waals surface area contributed by atoms with Gasteiger partial charge in [0, 0.05) is 29.5 Å². The molecule has 3 aromatic carbocycles. The molecule has 0 saturated carbocycles. The van der Waals surface area contributed by atoms with E-state index in [9.17, 15) is 19.2 Å². The Morgan fingerprint density at radius 1 is 0.895 bits per heavy atom. The largest absolute Gasteiger partial charge is 0.310 e. The number of amides is 4. The van der Waals surface area contributed by atoms with Crippen LogP contribution in [0.2, 0.25) is 0 Å². The van der Waals surface area contributed by atoms with Crippen molar-refractivity contribution in [2.45, 2.75) is 24.9 Å². The number of hydrogen-bond donors (Lipinski definition) is 1. The number of benzene rings is 3. The van der Waals surface area contributed by atoms with Crippen molar-refractivity contribution in [1.29, 1.82) is 0 Å². The lowest BCUT2D eigenvalue weighted by molar-refractivity contribution is -0.132. The van der Waals surface area contributed by atoms with Crippen LogP contribution in [0.1, 0.15) is 18.1 Å². The van der Waals surface area contributed by atoms with Gasteiger partial charge in [-0.1, -0.05) is 54.6 Å². The van der Waals surface area contributed by atoms with Crippen LogP contribution in [-0.2, 0) is 31.1 Å². The van der Waals surface area contributed by atoms with Crippen molar-refractivity contribution in [3.8, 4) is 0 Å². The van der Waals surface area contributed by atoms with Gasteiger partial charge in [-0.15, -0.1) is 0 Å². The summed E-state index contributed by atoms with van der Waals surface area (Å²) >= 11 is 0. The minimum absolute atomic E-state index is 0.149. The molecule has 38 heavy (non-hydrogen) atoms. The van der Waals surface area contributed by atoms with E-state index < -0.39 is 29.3 Å². The first kappa shape index (κ1) is 22.9. The Bertz CT molecular complexity index is 1520. The van der Waals surface area contributed by atoms with Crippen LogP contribution in [0.5, 0.6) is 0 Å². The fourth-order valence-corrected chi connectivity index (χ4v) is 6.92. The fraction of sp³-hybridized carbons (Fsp3) is 0.267. The first-order valence-electron chi connectivity index (χ1n) is 12.9. The van der Waals surface area contributed by atoms with Crippen molar-refractivity contribution in [3.63, 3.8) is 0 Å². The van der Waals surface area contributed by atoms with Gasteiger partial charge in [0.1, 0.15) is 12.1 Å². The monoisotopic (exact) mass is 506 g/mol. The summed E-state index contributed by atoms with van der Waals surface area (Å²) in [6.07, 6.45) is 0.769. The van der Waals surface area contributed by atoms with Gasteiger partial charge in [-0.3, -0.25) is 24.5 Å². The molecule has 0 radical (unpaired) electrons. The number of para-hydroxylation sites is 3. The van der Waals surface area contributed by atoms with Crippen LogP contribution >= 0.6 is 0 Å². The van der Waals surface area contributed by atoms with Crippen molar-refractivity contribution in [2.24, 2.45) is 11.8 Å². The smallest absolute Gasteiger partial charge is 0.253 e. The highest BCUT2D eigenvalue weighted by molar-refractivity contribution is 6.26. The van der Waals surface area contributed by atoms with Gasteiger partial charge < -0.3 is 9.80 Å². The minimum atomic E-state index is -1.42. The van der Waals surface area contributed by atoms with Gasteiger partial charge in [0.15, 0.2) is 0 Å². The van der Waals surface area contributed by atoms with Crippen LogP contribution in [-0.4, -0.2) is 42.8 Å². The number of anilines is 3. The van der Waals surface area contributed by atoms with Crippen molar-refractivity contribution < 1.29 is 19.2 Å². The molecule has 2 saturated heterocycles. The van der Waals surface area contributed by atoms with Crippen LogP contribution in [0.4, 0.5) is 17.1 Å². The highest BCUT2D eigenvalue weighted by Crippen LogP contribution is 2.55. The number of fused-ring (bicyclic) bond motifs is 5. The first-order chi connectivity index (χ1) is 18.4. The Labute approximate surface area is 219 Å². The van der Waals surface area contributed by atoms with E-state index >= 15 is 0 Å². The second kappa shape index (κ2) is 8.10. The van der Waals surface area contributed by atoms with E-state index in [1.54, 1.807) is 29.2 Å². The van der Waals surface area contributed by atoms with Crippen LogP contribution < -0.4 is 20.0 Å². The minimum Gasteiger partial charge on any atom is -0.310 e. The lowest BCUT2D eigenvalue weighted by atomic mass is 9.76. The summed E-state index contributed by atoms with van der Waals surface area (Å²) < 4.78 is 0. The maximum Gasteiger partial charge on any atom is 0.253 e. The Morgan fingerprint density at radius 3 is 2.37 bits per heavy atom. The lowest BCUT2D eigenvalue weighted by Gasteiger charge is -2.30. The van der Waals surface area contributed by atoms with Crippen molar-refractivity contribution in [1.82, 2.24) is 5.32 Å². The van der Waals surface area contributed by atoms with Crippen LogP contribution in [0.25, 0.3) is 0 Å². The van der Waals surface area contributed by atoms with E-state index in [-0.39, 0.29) is 24.3 Å². The molecule has 0 aliphatic carbocycles. The SMILES string of the molecule is C[C@@H]1N[C@]2(C(=O)N(CC(=O)N3CCc4ccccc43)c3ccccc32)[C@H]2C(=O)N(c3ccccc3)C(=O)[C@H]12. The zero-order valence-corrected chi connectivity index (χ0v) is 20.8. The molecule has 0 unspecified atom stereocenters. The Kier molecular flexibility index (Phi) is 4.87. The molecular formula is C30H26N4O4. The molecule has 4 aliphatic heterocycles. The zero-order valence-electron chi connectivity index (χ0n) is 20.8. The molecule has 7 rings (SSSR count). The number of nitrogens with zero attached hydrogens (tertiary/aromatic N) is 3. The number of hydrogen-bond acceptors (Lipinski definition) is 5. The molecule has 0 bridgehead atoms. The summed E-state index contributed by atoms with van der Waals surface area (Å²) in [5, 5.41) is 3.37. The van der Waals surface area contributed by atoms with E-state index in [0.29, 0.717) is 23.5 Å². The second-order valence-electron chi connectivity index (χ2n) is 10.4. The van der Waals surface area contributed by atoms with Gasteiger partial charge in [-0.25, -0.2) is 4.90 Å². The topological polar surface area (TPSA) is 90.0 Å². The average molecular weight is 507 g/mol. The van der Waals surface area contributed by atoms with E-state index in [4.69, 9.17) is 0 Å². The van der Waals surface area contributed by atoms with Crippen LogP contribution in [0.3, 0.4) is 0 Å². The second-order valence-corrected chi connectivity index (χ2v) is 10.4. The average Bonchev–Trinajstić information content (AvgIpc) is 3.63. The summed E-state index contributed by atoms with van der Waals surface area (Å²) in [4.78, 5) is 59.9. The molecule has 3 aromatic rings. The summed E-state index contributed by atoms with van der Waals surface area (Å²) in [6.45, 7) is 2.26. The molecule has 1 N–H and O–H groups in total. The maximum absolute atomic E-state index is 14.4. The molecule has 2 fully saturated rings. The fourth-order valence-electron chi connectivity index (χ4n) is 6.92. The third-order valence-corrected chi connectivity index (χ3v) is 8.51. The predicted octanol–water partition coefficient (Wildman–Crippen LogP) is 2.62. The van der Waals surface area contributed by atoms with Gasteiger partial charge in [0.2, 0.25) is 17.7 Å². The molecule has 8 heteroatoms. The van der Waals surface area contributed by atoms with Gasteiger partial charge >= 0.3 is 0 Å². The Balaban J connectivity index is 1.28. The molecule has 1 spiro atoms. The number of imide groups is 1. The van der Waals surface area contributed by atoms with Gasteiger partial charge in [-0.2, -0.15) is 0 Å². The predicted molar refractivity (Wildman–Crippen MR) is 141 cm³/mol. The van der Waals surface area contributed by atoms with Crippen molar-refractivity contribution in [3.05, 3.63) is 90.0 Å². The third-order valence-electron chi connectivity index (χ3n) is 8.51. The van der Waals surface area contributed by atoms with E-state index in [1.807, 2.05) is 61.5 Å². The number of carbonyl (C=O) groups is 4. The number of rotatable bonds is 3. The summed E-state index contributed by atoms with van der Waals surface area (Å²) in [5.74, 6) is -2.86. The van der Waals surface area contributed by atoms with Crippen molar-refractivity contribution in [2.75, 3.05) is 27.8 Å². The van der Waals surface area contributed by atoms with Gasteiger partial charge in [0.05, 0.1) is 17.5 Å². The van der Waals surface area contributed by atoms with E-state index in [1.165, 1.54) is 9.80 Å². The highest BCUT2D eigenvalue weighted by Gasteiger charge is 2.71. The normalized spacial score (nSPS) is 27.3. The van der Waals surface area contributed by atoms with Gasteiger partial charge in [-0.05, 0) is 43.2 Å². The van der Waals surface area contributed by atoms with Crippen LogP contribution in [0.15, 0.2) is 78.9 Å². The molecule has 0 aromatic heterocycles. The van der Waals surface area contributed by atoms with E-state index in [0.717, 1.165) is 17.7 Å². The number of carbonyl (C=O) groups excluding carboxylic acids is 4.